The molecule has 0 spiro atoms. The average Bonchev–Trinajstić information content (AvgIpc) is 2.39. The van der Waals surface area contributed by atoms with Crippen LogP contribution in [0.1, 0.15) is 18.5 Å². The normalized spacial score (nSPS) is 12.3. The van der Waals surface area contributed by atoms with Crippen molar-refractivity contribution in [3.05, 3.63) is 61.3 Å². The summed E-state index contributed by atoms with van der Waals surface area (Å²) < 4.78 is 14.4. The summed E-state index contributed by atoms with van der Waals surface area (Å²) in [6, 6.07) is 7.82. The number of hydrogen-bond acceptors (Lipinski definition) is 1. The smallest absolute Gasteiger partial charge is 0.142 e. The molecule has 0 aromatic heterocycles. The third-order valence-electron chi connectivity index (χ3n) is 2.81. The molecule has 0 fully saturated rings. The monoisotopic (exact) mass is 395 g/mol. The highest BCUT2D eigenvalue weighted by atomic mass is 79.9. The molecule has 1 unspecified atom stereocenters. The van der Waals surface area contributed by atoms with Crippen molar-refractivity contribution in [1.82, 2.24) is 0 Å². The second kappa shape index (κ2) is 6.52. The topological polar surface area (TPSA) is 12.0 Å². The maximum Gasteiger partial charge on any atom is 0.142 e. The molecule has 20 heavy (non-hydrogen) atoms. The highest BCUT2D eigenvalue weighted by molar-refractivity contribution is 9.10. The van der Waals surface area contributed by atoms with Crippen LogP contribution in [0.15, 0.2) is 34.8 Å². The van der Waals surface area contributed by atoms with Crippen molar-refractivity contribution in [3.63, 3.8) is 0 Å². The van der Waals surface area contributed by atoms with Crippen LogP contribution in [0.3, 0.4) is 0 Å². The summed E-state index contributed by atoms with van der Waals surface area (Å²) in [5.74, 6) is -0.495. The Balaban J connectivity index is 2.35. The van der Waals surface area contributed by atoms with Crippen LogP contribution in [0, 0.1) is 5.82 Å². The molecule has 2 aromatic carbocycles. The van der Waals surface area contributed by atoms with Gasteiger partial charge in [0, 0.05) is 20.1 Å². The summed E-state index contributed by atoms with van der Waals surface area (Å²) in [5, 5.41) is 4.24. The van der Waals surface area contributed by atoms with Gasteiger partial charge in [-0.05, 0) is 53.2 Å². The van der Waals surface area contributed by atoms with Gasteiger partial charge in [-0.15, -0.1) is 0 Å². The van der Waals surface area contributed by atoms with Gasteiger partial charge >= 0.3 is 0 Å². The number of anilines is 1. The van der Waals surface area contributed by atoms with E-state index >= 15 is 0 Å². The largest absolute Gasteiger partial charge is 0.377 e. The number of halogens is 5. The molecule has 1 nitrogen and oxygen atoms in total. The minimum absolute atomic E-state index is 0.0238. The lowest BCUT2D eigenvalue weighted by atomic mass is 10.1. The number of rotatable bonds is 3. The Labute approximate surface area is 140 Å². The minimum atomic E-state index is -0.495. The van der Waals surface area contributed by atoms with Gasteiger partial charge in [0.2, 0.25) is 0 Å². The summed E-state index contributed by atoms with van der Waals surface area (Å²) in [7, 11) is 0. The predicted molar refractivity (Wildman–Crippen MR) is 87.6 cm³/mol. The summed E-state index contributed by atoms with van der Waals surface area (Å²) in [5.41, 5.74) is 1.29. The lowest BCUT2D eigenvalue weighted by Gasteiger charge is -2.19. The summed E-state index contributed by atoms with van der Waals surface area (Å²) >= 11 is 21.5. The zero-order valence-corrected chi connectivity index (χ0v) is 14.2. The fourth-order valence-corrected chi connectivity index (χ4v) is 3.08. The van der Waals surface area contributed by atoms with Crippen molar-refractivity contribution in [3.8, 4) is 0 Å². The van der Waals surface area contributed by atoms with Gasteiger partial charge in [0.15, 0.2) is 0 Å². The van der Waals surface area contributed by atoms with E-state index in [-0.39, 0.29) is 11.1 Å². The van der Waals surface area contributed by atoms with E-state index in [1.165, 1.54) is 12.1 Å². The predicted octanol–water partition coefficient (Wildman–Crippen LogP) is 6.72. The Hall–Kier alpha value is -0.480. The van der Waals surface area contributed by atoms with Crippen LogP contribution in [0.25, 0.3) is 0 Å². The molecule has 1 atom stereocenters. The van der Waals surface area contributed by atoms with E-state index in [0.29, 0.717) is 15.6 Å². The molecule has 0 aliphatic heterocycles. The van der Waals surface area contributed by atoms with Crippen molar-refractivity contribution in [2.24, 2.45) is 0 Å². The molecule has 0 amide bonds. The van der Waals surface area contributed by atoms with Crippen LogP contribution < -0.4 is 5.32 Å². The number of hydrogen-bond donors (Lipinski definition) is 1. The molecule has 6 heteroatoms. The van der Waals surface area contributed by atoms with E-state index in [9.17, 15) is 4.39 Å². The van der Waals surface area contributed by atoms with E-state index in [0.717, 1.165) is 10.2 Å². The first-order chi connectivity index (χ1) is 9.40. The van der Waals surface area contributed by atoms with E-state index in [2.05, 4.69) is 21.2 Å². The lowest BCUT2D eigenvalue weighted by molar-refractivity contribution is 0.624. The lowest BCUT2D eigenvalue weighted by Crippen LogP contribution is -2.09. The van der Waals surface area contributed by atoms with Gasteiger partial charge < -0.3 is 5.32 Å². The quantitative estimate of drug-likeness (QED) is 0.567. The first kappa shape index (κ1) is 15.9. The van der Waals surface area contributed by atoms with Crippen LogP contribution in [0.5, 0.6) is 0 Å². The van der Waals surface area contributed by atoms with Crippen LogP contribution in [-0.2, 0) is 0 Å². The Kier molecular flexibility index (Phi) is 5.19. The Morgan fingerprint density at radius 3 is 2.55 bits per heavy atom. The fraction of sp³-hybridized carbons (Fsp3) is 0.143. The second-order valence-electron chi connectivity index (χ2n) is 4.25. The molecule has 0 bridgehead atoms. The molecule has 0 saturated heterocycles. The third-order valence-corrected chi connectivity index (χ3v) is 4.45. The first-order valence-corrected chi connectivity index (χ1v) is 7.68. The van der Waals surface area contributed by atoms with E-state index in [1.807, 2.05) is 13.0 Å². The van der Waals surface area contributed by atoms with Gasteiger partial charge in [0.1, 0.15) is 5.82 Å². The maximum absolute atomic E-state index is 13.6. The van der Waals surface area contributed by atoms with Crippen molar-refractivity contribution in [1.29, 1.82) is 0 Å². The average molecular weight is 398 g/mol. The van der Waals surface area contributed by atoms with Crippen LogP contribution in [-0.4, -0.2) is 0 Å². The van der Waals surface area contributed by atoms with Crippen molar-refractivity contribution in [2.75, 3.05) is 5.32 Å². The summed E-state index contributed by atoms with van der Waals surface area (Å²) in [6.45, 7) is 1.85. The van der Waals surface area contributed by atoms with Crippen molar-refractivity contribution < 1.29 is 4.39 Å². The summed E-state index contributed by atoms with van der Waals surface area (Å²) in [6.07, 6.45) is 0. The molecule has 1 N–H and O–H groups in total. The molecule has 2 aromatic rings. The van der Waals surface area contributed by atoms with Gasteiger partial charge in [0.25, 0.3) is 0 Å². The number of benzene rings is 2. The SMILES string of the molecule is CC(Nc1cc(Cl)ccc1Br)c1c(Cl)ccc(F)c1Cl. The Bertz CT molecular complexity index is 649. The highest BCUT2D eigenvalue weighted by Crippen LogP contribution is 2.36. The molecular formula is C14H10BrCl3FN. The van der Waals surface area contributed by atoms with Gasteiger partial charge in [-0.1, -0.05) is 34.8 Å². The van der Waals surface area contributed by atoms with E-state index < -0.39 is 5.82 Å². The summed E-state index contributed by atoms with van der Waals surface area (Å²) in [4.78, 5) is 0. The second-order valence-corrected chi connectivity index (χ2v) is 6.32. The van der Waals surface area contributed by atoms with Crippen LogP contribution in [0.4, 0.5) is 10.1 Å². The molecule has 0 aliphatic carbocycles. The van der Waals surface area contributed by atoms with Gasteiger partial charge in [0.05, 0.1) is 16.8 Å². The van der Waals surface area contributed by atoms with Crippen LogP contribution >= 0.6 is 50.7 Å². The van der Waals surface area contributed by atoms with Gasteiger partial charge in [-0.2, -0.15) is 0 Å². The fourth-order valence-electron chi connectivity index (χ4n) is 1.85. The Morgan fingerprint density at radius 1 is 1.15 bits per heavy atom. The van der Waals surface area contributed by atoms with Crippen LogP contribution in [0.2, 0.25) is 15.1 Å². The molecule has 2 rings (SSSR count). The zero-order chi connectivity index (χ0) is 14.9. The molecule has 0 saturated carbocycles. The minimum Gasteiger partial charge on any atom is -0.377 e. The molecule has 106 valence electrons. The number of nitrogens with one attached hydrogen (secondary N) is 1. The van der Waals surface area contributed by atoms with Crippen molar-refractivity contribution in [2.45, 2.75) is 13.0 Å². The van der Waals surface area contributed by atoms with Gasteiger partial charge in [-0.3, -0.25) is 0 Å². The van der Waals surface area contributed by atoms with E-state index in [4.69, 9.17) is 34.8 Å². The van der Waals surface area contributed by atoms with Gasteiger partial charge in [-0.25, -0.2) is 4.39 Å². The Morgan fingerprint density at radius 2 is 1.85 bits per heavy atom. The third kappa shape index (κ3) is 3.40. The van der Waals surface area contributed by atoms with E-state index in [1.54, 1.807) is 12.1 Å². The zero-order valence-electron chi connectivity index (χ0n) is 10.4. The van der Waals surface area contributed by atoms with Crippen molar-refractivity contribution >= 4 is 56.4 Å². The first-order valence-electron chi connectivity index (χ1n) is 5.75. The molecule has 0 aliphatic rings. The standard InChI is InChI=1S/C14H10BrCl3FN/c1-7(13-10(17)4-5-11(19)14(13)18)20-12-6-8(16)2-3-9(12)15/h2-7,20H,1H3. The molecule has 0 radical (unpaired) electrons. The highest BCUT2D eigenvalue weighted by Gasteiger charge is 2.17. The molecular weight excluding hydrogens is 387 g/mol. The maximum atomic E-state index is 13.6. The molecule has 0 heterocycles.